The maximum atomic E-state index is 16.0. The van der Waals surface area contributed by atoms with Crippen molar-refractivity contribution in [3.8, 4) is 11.3 Å². The van der Waals surface area contributed by atoms with Crippen LogP contribution in [0.1, 0.15) is 58.9 Å². The van der Waals surface area contributed by atoms with Crippen molar-refractivity contribution in [1.82, 2.24) is 29.5 Å². The lowest BCUT2D eigenvalue weighted by Gasteiger charge is -2.29. The van der Waals surface area contributed by atoms with Crippen LogP contribution in [0, 0.1) is 17.6 Å². The fraction of sp³-hybridized carbons (Fsp3) is 0.286. The van der Waals surface area contributed by atoms with Gasteiger partial charge in [0.05, 0.1) is 44.6 Å². The largest absolute Gasteiger partial charge is 0.368 e. The molecule has 3 aromatic heterocycles. The highest BCUT2D eigenvalue weighted by atomic mass is 35.5. The van der Waals surface area contributed by atoms with E-state index in [2.05, 4.69) is 14.9 Å². The number of primary amides is 1. The fourth-order valence-corrected chi connectivity index (χ4v) is 8.47. The maximum Gasteiger partial charge on any atom is 0.293 e. The van der Waals surface area contributed by atoms with E-state index >= 15 is 8.78 Å². The average Bonchev–Trinajstić information content (AvgIpc) is 3.61. The van der Waals surface area contributed by atoms with Crippen molar-refractivity contribution < 1.29 is 39.6 Å². The number of nitrogens with two attached hydrogens (primary N) is 1. The molecule has 0 aliphatic heterocycles. The van der Waals surface area contributed by atoms with Gasteiger partial charge in [0, 0.05) is 36.1 Å². The van der Waals surface area contributed by atoms with E-state index in [9.17, 15) is 30.8 Å². The van der Waals surface area contributed by atoms with Gasteiger partial charge in [-0.2, -0.15) is 19.0 Å². The Labute approximate surface area is 307 Å². The molecule has 280 valence electrons. The summed E-state index contributed by atoms with van der Waals surface area (Å²) in [4.78, 5) is 23.4. The summed E-state index contributed by atoms with van der Waals surface area (Å²) in [6.07, 6.45) is -2.91. The monoisotopic (exact) mass is 788 g/mol. The zero-order valence-corrected chi connectivity index (χ0v) is 29.6. The van der Waals surface area contributed by atoms with E-state index in [4.69, 9.17) is 27.3 Å². The first-order chi connectivity index (χ1) is 25.4. The van der Waals surface area contributed by atoms with Gasteiger partial charge in [-0.05, 0) is 60.7 Å². The van der Waals surface area contributed by atoms with Crippen molar-refractivity contribution in [2.24, 2.45) is 18.7 Å². The number of amides is 1. The number of fused-ring (bicyclic) bond motifs is 5. The van der Waals surface area contributed by atoms with E-state index in [1.54, 1.807) is 24.3 Å². The Balaban J connectivity index is 1.45. The Morgan fingerprint density at radius 3 is 2.33 bits per heavy atom. The Kier molecular flexibility index (Phi) is 8.22. The van der Waals surface area contributed by atoms with Crippen LogP contribution >= 0.6 is 11.6 Å². The first kappa shape index (κ1) is 35.8. The summed E-state index contributed by atoms with van der Waals surface area (Å²) in [6.45, 7) is 0. The summed E-state index contributed by atoms with van der Waals surface area (Å²) in [5, 5.41) is 8.45. The SMILES string of the molecule is Cn1nc(NS(C)(=O)=O)c2c(Cl)ccc(-c3nc4ccccc4nc3[C@H](Cc3cc(F)cc(F)c3)C(C(N)=O)n3nc(C(F)F)c4c3C(F)(F)[C@@H]3C[C@H]43)c21. The van der Waals surface area contributed by atoms with Gasteiger partial charge in [-0.25, -0.2) is 40.6 Å². The molecule has 2 aliphatic rings. The molecule has 0 spiro atoms. The molecule has 1 amide bonds. The first-order valence-electron chi connectivity index (χ1n) is 16.4. The number of aromatic nitrogens is 6. The molecule has 54 heavy (non-hydrogen) atoms. The number of alkyl halides is 4. The van der Waals surface area contributed by atoms with Crippen LogP contribution in [0.3, 0.4) is 0 Å². The van der Waals surface area contributed by atoms with E-state index in [-0.39, 0.29) is 61.8 Å². The summed E-state index contributed by atoms with van der Waals surface area (Å²) in [5.74, 6) is -10.8. The summed E-state index contributed by atoms with van der Waals surface area (Å²) in [6, 6.07) is 10.0. The Morgan fingerprint density at radius 1 is 1.04 bits per heavy atom. The number of carbonyl (C=O) groups is 1. The van der Waals surface area contributed by atoms with Gasteiger partial charge in [-0.1, -0.05) is 23.7 Å². The van der Waals surface area contributed by atoms with Crippen LogP contribution in [-0.2, 0) is 34.2 Å². The molecular formula is C35H27ClF6N8O3S. The highest BCUT2D eigenvalue weighted by molar-refractivity contribution is 7.92. The van der Waals surface area contributed by atoms with E-state index in [0.717, 1.165) is 18.4 Å². The van der Waals surface area contributed by atoms with Crippen molar-refractivity contribution in [3.63, 3.8) is 0 Å². The second-order valence-electron chi connectivity index (χ2n) is 13.5. The Hall–Kier alpha value is -5.23. The van der Waals surface area contributed by atoms with Crippen LogP contribution in [-0.4, -0.2) is 50.1 Å². The molecule has 0 bridgehead atoms. The smallest absolute Gasteiger partial charge is 0.293 e. The van der Waals surface area contributed by atoms with Crippen molar-refractivity contribution in [2.75, 3.05) is 11.0 Å². The molecule has 3 aromatic carbocycles. The van der Waals surface area contributed by atoms with Crippen LogP contribution < -0.4 is 10.5 Å². The summed E-state index contributed by atoms with van der Waals surface area (Å²) < 4.78 is 119. The number of hydrogen-bond donors (Lipinski definition) is 2. The van der Waals surface area contributed by atoms with Crippen molar-refractivity contribution in [2.45, 2.75) is 43.1 Å². The zero-order valence-electron chi connectivity index (χ0n) is 28.0. The molecule has 8 rings (SSSR count). The quantitative estimate of drug-likeness (QED) is 0.144. The number of para-hydroxylation sites is 2. The zero-order chi connectivity index (χ0) is 38.6. The predicted octanol–water partition coefficient (Wildman–Crippen LogP) is 6.88. The molecule has 11 nitrogen and oxygen atoms in total. The third kappa shape index (κ3) is 5.82. The number of halogens is 7. The van der Waals surface area contributed by atoms with Crippen LogP contribution in [0.15, 0.2) is 54.6 Å². The number of anilines is 1. The van der Waals surface area contributed by atoms with Crippen LogP contribution in [0.4, 0.5) is 32.2 Å². The van der Waals surface area contributed by atoms with Gasteiger partial charge >= 0.3 is 0 Å². The van der Waals surface area contributed by atoms with E-state index in [1.165, 1.54) is 23.9 Å². The van der Waals surface area contributed by atoms with Gasteiger partial charge in [-0.15, -0.1) is 0 Å². The number of rotatable bonds is 10. The van der Waals surface area contributed by atoms with Crippen LogP contribution in [0.25, 0.3) is 33.2 Å². The average molecular weight is 789 g/mol. The molecular weight excluding hydrogens is 762 g/mol. The van der Waals surface area contributed by atoms with Gasteiger partial charge < -0.3 is 5.73 Å². The van der Waals surface area contributed by atoms with Gasteiger partial charge in [0.25, 0.3) is 12.3 Å². The topological polar surface area (TPSA) is 151 Å². The van der Waals surface area contributed by atoms with Gasteiger partial charge in [-0.3, -0.25) is 14.2 Å². The lowest BCUT2D eigenvalue weighted by Crippen LogP contribution is -2.37. The standard InChI is InChI=1S/C35H27ClF6N8O3S/c1-49-29-17(7-8-21(36)25(29)34(47-49)48-54(2,52)53)26-27(45-23-6-4-3-5-22(23)44-26)19(11-14-9-15(37)12-16(38)10-14)30(33(43)51)50-31-24(28(46-50)32(39)40)18-13-20(18)35(31,41)42/h3-10,12,18-20,30,32H,11,13H2,1-2H3,(H2,43,51)(H,47,48)/t18-,19-,20+,30?/m0/s1. The molecule has 1 unspecified atom stereocenters. The molecule has 4 atom stereocenters. The van der Waals surface area contributed by atoms with Crippen LogP contribution in [0.5, 0.6) is 0 Å². The first-order valence-corrected chi connectivity index (χ1v) is 18.6. The summed E-state index contributed by atoms with van der Waals surface area (Å²) in [5.41, 5.74) is 4.67. The van der Waals surface area contributed by atoms with Crippen molar-refractivity contribution in [3.05, 3.63) is 99.5 Å². The number of carbonyl (C=O) groups excluding carboxylic acids is 1. The third-order valence-corrected chi connectivity index (χ3v) is 10.7. The molecule has 19 heteroatoms. The number of nitrogens with zero attached hydrogens (tertiary/aromatic N) is 6. The highest BCUT2D eigenvalue weighted by Gasteiger charge is 2.67. The number of hydrogen-bond acceptors (Lipinski definition) is 7. The molecule has 3 heterocycles. The van der Waals surface area contributed by atoms with E-state index < -0.39 is 81.5 Å². The second kappa shape index (κ2) is 12.4. The third-order valence-electron chi connectivity index (χ3n) is 9.86. The van der Waals surface area contributed by atoms with Crippen LogP contribution in [0.2, 0.25) is 5.02 Å². The summed E-state index contributed by atoms with van der Waals surface area (Å²) >= 11 is 6.59. The fourth-order valence-electron chi connectivity index (χ4n) is 7.73. The second-order valence-corrected chi connectivity index (χ2v) is 15.7. The molecule has 6 aromatic rings. The number of nitrogens with one attached hydrogen (secondary N) is 1. The van der Waals surface area contributed by atoms with Crippen molar-refractivity contribution in [1.29, 1.82) is 0 Å². The Bertz CT molecular complexity index is 2650. The minimum atomic E-state index is -3.86. The molecule has 3 N–H and O–H groups in total. The van der Waals surface area contributed by atoms with Gasteiger partial charge in [0.1, 0.15) is 29.1 Å². The maximum absolute atomic E-state index is 16.0. The predicted molar refractivity (Wildman–Crippen MR) is 186 cm³/mol. The van der Waals surface area contributed by atoms with Gasteiger partial charge in [0.15, 0.2) is 5.82 Å². The van der Waals surface area contributed by atoms with Gasteiger partial charge in [0.2, 0.25) is 15.9 Å². The Morgan fingerprint density at radius 2 is 1.70 bits per heavy atom. The molecule has 1 fully saturated rings. The minimum Gasteiger partial charge on any atom is -0.368 e. The molecule has 0 radical (unpaired) electrons. The molecule has 2 aliphatic carbocycles. The van der Waals surface area contributed by atoms with E-state index in [0.29, 0.717) is 16.3 Å². The van der Waals surface area contributed by atoms with E-state index in [1.807, 2.05) is 0 Å². The van der Waals surface area contributed by atoms with Crippen molar-refractivity contribution >= 4 is 55.3 Å². The number of sulfonamides is 1. The minimum absolute atomic E-state index is 0.00936. The summed E-state index contributed by atoms with van der Waals surface area (Å²) in [7, 11) is -2.37. The number of benzene rings is 3. The number of aryl methyl sites for hydroxylation is 1. The highest BCUT2D eigenvalue weighted by Crippen LogP contribution is 2.68. The normalized spacial score (nSPS) is 18.6. The lowest BCUT2D eigenvalue weighted by atomic mass is 9.85. The molecule has 1 saturated carbocycles. The molecule has 0 saturated heterocycles. The lowest BCUT2D eigenvalue weighted by molar-refractivity contribution is -0.122.